The van der Waals surface area contributed by atoms with E-state index in [1.165, 1.54) is 0 Å². The van der Waals surface area contributed by atoms with Crippen LogP contribution < -0.4 is 5.32 Å². The molecule has 0 bridgehead atoms. The zero-order valence-corrected chi connectivity index (χ0v) is 17.4. The van der Waals surface area contributed by atoms with Gasteiger partial charge in [-0.2, -0.15) is 0 Å². The molecule has 29 heavy (non-hydrogen) atoms. The van der Waals surface area contributed by atoms with Crippen molar-refractivity contribution in [2.45, 2.75) is 30.5 Å². The molecule has 0 aliphatic rings. The summed E-state index contributed by atoms with van der Waals surface area (Å²) in [6.45, 7) is 4.13. The lowest BCUT2D eigenvalue weighted by atomic mass is 9.95. The van der Waals surface area contributed by atoms with Crippen LogP contribution in [0.4, 0.5) is 0 Å². The third kappa shape index (κ3) is 5.33. The van der Waals surface area contributed by atoms with Gasteiger partial charge in [-0.1, -0.05) is 74.5 Å². The largest absolute Gasteiger partial charge is 0.345 e. The molecule has 0 heterocycles. The molecule has 0 saturated carbocycles. The number of sulfone groups is 1. The molecule has 4 nitrogen and oxygen atoms in total. The minimum absolute atomic E-state index is 0.0955. The summed E-state index contributed by atoms with van der Waals surface area (Å²) < 4.78 is 25.0. The number of hydrogen-bond donors (Lipinski definition) is 1. The molecule has 3 aromatic carbocycles. The molecule has 1 N–H and O–H groups in total. The van der Waals surface area contributed by atoms with Crippen molar-refractivity contribution in [2.24, 2.45) is 5.92 Å². The van der Waals surface area contributed by atoms with Gasteiger partial charge in [0, 0.05) is 5.56 Å². The lowest BCUT2D eigenvalue weighted by molar-refractivity contribution is 0.0925. The second-order valence-electron chi connectivity index (χ2n) is 7.37. The summed E-state index contributed by atoms with van der Waals surface area (Å²) in [7, 11) is -3.41. The van der Waals surface area contributed by atoms with Gasteiger partial charge in [0.25, 0.3) is 5.91 Å². The summed E-state index contributed by atoms with van der Waals surface area (Å²) >= 11 is 0. The highest BCUT2D eigenvalue weighted by atomic mass is 32.2. The third-order valence-corrected chi connectivity index (χ3v) is 6.49. The fourth-order valence-corrected chi connectivity index (χ4v) is 4.57. The Hall–Kier alpha value is -2.92. The van der Waals surface area contributed by atoms with Crippen molar-refractivity contribution in [2.75, 3.05) is 0 Å². The average Bonchev–Trinajstić information content (AvgIpc) is 2.73. The van der Waals surface area contributed by atoms with Crippen molar-refractivity contribution in [3.63, 3.8) is 0 Å². The zero-order chi connectivity index (χ0) is 20.9. The Bertz CT molecular complexity index is 1040. The molecule has 0 saturated heterocycles. The van der Waals surface area contributed by atoms with Crippen LogP contribution in [0, 0.1) is 5.92 Å². The van der Waals surface area contributed by atoms with Crippen LogP contribution in [0.25, 0.3) is 0 Å². The Kier molecular flexibility index (Phi) is 6.49. The van der Waals surface area contributed by atoms with Gasteiger partial charge in [0.1, 0.15) is 0 Å². The number of nitrogens with one attached hydrogen (secondary N) is 1. The Labute approximate surface area is 172 Å². The second kappa shape index (κ2) is 9.05. The van der Waals surface area contributed by atoms with Crippen LogP contribution in [0.3, 0.4) is 0 Å². The summed E-state index contributed by atoms with van der Waals surface area (Å²) in [5, 5.41) is 3.09. The SMILES string of the molecule is CC(C)[C@@H](NC(=O)c1ccc(CS(=O)(=O)c2ccccc2)cc1)c1ccccc1. The van der Waals surface area contributed by atoms with Gasteiger partial charge in [0.05, 0.1) is 16.7 Å². The first-order chi connectivity index (χ1) is 13.9. The molecule has 1 atom stereocenters. The van der Waals surface area contributed by atoms with E-state index >= 15 is 0 Å². The summed E-state index contributed by atoms with van der Waals surface area (Å²) in [6.07, 6.45) is 0. The first-order valence-corrected chi connectivity index (χ1v) is 11.2. The molecule has 0 radical (unpaired) electrons. The van der Waals surface area contributed by atoms with Gasteiger partial charge < -0.3 is 5.32 Å². The van der Waals surface area contributed by atoms with Gasteiger partial charge in [-0.25, -0.2) is 8.42 Å². The van der Waals surface area contributed by atoms with Crippen molar-refractivity contribution in [3.05, 3.63) is 102 Å². The lowest BCUT2D eigenvalue weighted by Gasteiger charge is -2.23. The van der Waals surface area contributed by atoms with Crippen molar-refractivity contribution in [1.29, 1.82) is 0 Å². The predicted molar refractivity (Wildman–Crippen MR) is 115 cm³/mol. The molecule has 0 fully saturated rings. The molecular weight excluding hydrogens is 382 g/mol. The van der Waals surface area contributed by atoms with Crippen LogP contribution in [0.1, 0.15) is 41.4 Å². The highest BCUT2D eigenvalue weighted by molar-refractivity contribution is 7.90. The van der Waals surface area contributed by atoms with Gasteiger partial charge in [-0.3, -0.25) is 4.79 Å². The van der Waals surface area contributed by atoms with E-state index in [2.05, 4.69) is 19.2 Å². The molecule has 3 aromatic rings. The van der Waals surface area contributed by atoms with Crippen molar-refractivity contribution >= 4 is 15.7 Å². The monoisotopic (exact) mass is 407 g/mol. The predicted octanol–water partition coefficient (Wildman–Crippen LogP) is 4.79. The molecule has 150 valence electrons. The van der Waals surface area contributed by atoms with E-state index in [-0.39, 0.29) is 23.6 Å². The smallest absolute Gasteiger partial charge is 0.251 e. The topological polar surface area (TPSA) is 63.2 Å². The maximum absolute atomic E-state index is 12.7. The van der Waals surface area contributed by atoms with Crippen molar-refractivity contribution < 1.29 is 13.2 Å². The van der Waals surface area contributed by atoms with Crippen LogP contribution in [0.2, 0.25) is 0 Å². The normalized spacial score (nSPS) is 12.5. The summed E-state index contributed by atoms with van der Waals surface area (Å²) in [4.78, 5) is 13.0. The Morgan fingerprint density at radius 1 is 0.828 bits per heavy atom. The van der Waals surface area contributed by atoms with Gasteiger partial charge >= 0.3 is 0 Å². The van der Waals surface area contributed by atoms with Crippen LogP contribution in [0.15, 0.2) is 89.8 Å². The molecule has 1 amide bonds. The molecule has 0 spiro atoms. The van der Waals surface area contributed by atoms with Crippen molar-refractivity contribution in [3.8, 4) is 0 Å². The number of amides is 1. The van der Waals surface area contributed by atoms with E-state index in [1.807, 2.05) is 30.3 Å². The highest BCUT2D eigenvalue weighted by Crippen LogP contribution is 2.22. The minimum atomic E-state index is -3.41. The van der Waals surface area contributed by atoms with Crippen LogP contribution in [-0.4, -0.2) is 14.3 Å². The summed E-state index contributed by atoms with van der Waals surface area (Å²) in [5.74, 6) is -0.0426. The zero-order valence-electron chi connectivity index (χ0n) is 16.6. The fraction of sp³-hybridized carbons (Fsp3) is 0.208. The van der Waals surface area contributed by atoms with Gasteiger partial charge in [-0.15, -0.1) is 0 Å². The van der Waals surface area contributed by atoms with Crippen LogP contribution >= 0.6 is 0 Å². The molecule has 5 heteroatoms. The molecule has 3 rings (SSSR count). The lowest BCUT2D eigenvalue weighted by Crippen LogP contribution is -2.31. The highest BCUT2D eigenvalue weighted by Gasteiger charge is 2.19. The Morgan fingerprint density at radius 2 is 1.38 bits per heavy atom. The number of carbonyl (C=O) groups excluding carboxylic acids is 1. The maximum Gasteiger partial charge on any atom is 0.251 e. The standard InChI is InChI=1S/C24H25NO3S/c1-18(2)23(20-9-5-3-6-10-20)25-24(26)21-15-13-19(14-16-21)17-29(27,28)22-11-7-4-8-12-22/h3-16,18,23H,17H2,1-2H3,(H,25,26)/t23-/m1/s1. The Balaban J connectivity index is 1.72. The van der Waals surface area contributed by atoms with Crippen LogP contribution in [-0.2, 0) is 15.6 Å². The van der Waals surface area contributed by atoms with E-state index in [0.717, 1.165) is 5.56 Å². The first kappa shape index (κ1) is 20.8. The van der Waals surface area contributed by atoms with Gasteiger partial charge in [0.2, 0.25) is 0 Å². The van der Waals surface area contributed by atoms with Gasteiger partial charge in [0.15, 0.2) is 9.84 Å². The molecule has 0 aromatic heterocycles. The van der Waals surface area contributed by atoms with E-state index in [1.54, 1.807) is 54.6 Å². The molecular formula is C24H25NO3S. The molecule has 0 aliphatic heterocycles. The number of carbonyl (C=O) groups is 1. The second-order valence-corrected chi connectivity index (χ2v) is 9.36. The van der Waals surface area contributed by atoms with E-state index < -0.39 is 9.84 Å². The number of benzene rings is 3. The molecule has 0 unspecified atom stereocenters. The maximum atomic E-state index is 12.7. The van der Waals surface area contributed by atoms with E-state index in [9.17, 15) is 13.2 Å². The summed E-state index contributed by atoms with van der Waals surface area (Å²) in [5.41, 5.74) is 2.21. The van der Waals surface area contributed by atoms with Crippen LogP contribution in [0.5, 0.6) is 0 Å². The van der Waals surface area contributed by atoms with Gasteiger partial charge in [-0.05, 0) is 41.3 Å². The number of rotatable bonds is 7. The fourth-order valence-electron chi connectivity index (χ4n) is 3.20. The van der Waals surface area contributed by atoms with Crippen molar-refractivity contribution in [1.82, 2.24) is 5.32 Å². The number of hydrogen-bond acceptors (Lipinski definition) is 3. The minimum Gasteiger partial charge on any atom is -0.345 e. The third-order valence-electron chi connectivity index (χ3n) is 4.79. The average molecular weight is 408 g/mol. The summed E-state index contributed by atoms with van der Waals surface area (Å²) in [6, 6.07) is 24.9. The first-order valence-electron chi connectivity index (χ1n) is 9.59. The Morgan fingerprint density at radius 3 is 1.93 bits per heavy atom. The quantitative estimate of drug-likeness (QED) is 0.613. The molecule has 0 aliphatic carbocycles. The van der Waals surface area contributed by atoms with E-state index in [4.69, 9.17) is 0 Å². The van der Waals surface area contributed by atoms with E-state index in [0.29, 0.717) is 16.0 Å².